The minimum atomic E-state index is -0.465. The molecule has 0 saturated heterocycles. The maximum Gasteiger partial charge on any atom is 0.407 e. The first-order chi connectivity index (χ1) is 8.81. The fourth-order valence-electron chi connectivity index (χ4n) is 1.63. The number of alkyl carbamates (subject to hydrolysis) is 1. The number of nitrogens with zero attached hydrogens (tertiary/aromatic N) is 1. The van der Waals surface area contributed by atoms with Crippen molar-refractivity contribution in [3.8, 4) is 0 Å². The molecule has 1 heterocycles. The van der Waals surface area contributed by atoms with Gasteiger partial charge in [0.15, 0.2) is 0 Å². The molecule has 1 rings (SSSR count). The Bertz CT molecular complexity index is 381. The molecular weight excluding hydrogens is 244 g/mol. The Kier molecular flexibility index (Phi) is 5.39. The number of oxime groups is 1. The Morgan fingerprint density at radius 2 is 2.26 bits per heavy atom. The minimum Gasteiger partial charge on any atom is -0.444 e. The number of nitrogens with one attached hydrogen (secondary N) is 1. The van der Waals surface area contributed by atoms with Gasteiger partial charge in [-0.15, -0.1) is 0 Å². The highest BCUT2D eigenvalue weighted by molar-refractivity contribution is 6.00. The van der Waals surface area contributed by atoms with Crippen LogP contribution in [-0.4, -0.2) is 30.1 Å². The lowest BCUT2D eigenvalue weighted by Gasteiger charge is -2.19. The van der Waals surface area contributed by atoms with E-state index >= 15 is 0 Å². The molecule has 0 aromatic carbocycles. The molecule has 0 aromatic rings. The van der Waals surface area contributed by atoms with E-state index in [2.05, 4.69) is 10.5 Å². The lowest BCUT2D eigenvalue weighted by molar-refractivity contribution is 0.0496. The number of hydrogen-bond acceptors (Lipinski definition) is 4. The van der Waals surface area contributed by atoms with Crippen LogP contribution >= 0.6 is 0 Å². The first-order valence-electron chi connectivity index (χ1n) is 6.64. The summed E-state index contributed by atoms with van der Waals surface area (Å²) >= 11 is 0. The van der Waals surface area contributed by atoms with Gasteiger partial charge in [0.25, 0.3) is 0 Å². The van der Waals surface area contributed by atoms with Gasteiger partial charge in [0.1, 0.15) is 11.7 Å². The van der Waals surface area contributed by atoms with E-state index in [-0.39, 0.29) is 6.10 Å². The third-order valence-electron chi connectivity index (χ3n) is 2.76. The van der Waals surface area contributed by atoms with Crippen LogP contribution in [0.3, 0.4) is 0 Å². The maximum absolute atomic E-state index is 11.4. The Hall–Kier alpha value is -1.52. The molecule has 5 nitrogen and oxygen atoms in total. The van der Waals surface area contributed by atoms with Crippen LogP contribution in [0.1, 0.15) is 47.5 Å². The molecule has 0 spiro atoms. The number of carbonyl (C=O) groups is 1. The van der Waals surface area contributed by atoms with Gasteiger partial charge in [-0.2, -0.15) is 0 Å². The number of carbonyl (C=O) groups excluding carboxylic acids is 1. The van der Waals surface area contributed by atoms with E-state index in [9.17, 15) is 4.79 Å². The lowest BCUT2D eigenvalue weighted by Crippen LogP contribution is -2.34. The van der Waals surface area contributed by atoms with Gasteiger partial charge in [0, 0.05) is 19.4 Å². The van der Waals surface area contributed by atoms with Crippen molar-refractivity contribution < 1.29 is 14.4 Å². The maximum atomic E-state index is 11.4. The normalized spacial score (nSPS) is 19.7. The van der Waals surface area contributed by atoms with Gasteiger partial charge in [-0.05, 0) is 40.2 Å². The van der Waals surface area contributed by atoms with Crippen molar-refractivity contribution in [2.24, 2.45) is 5.16 Å². The topological polar surface area (TPSA) is 59.9 Å². The Balaban J connectivity index is 2.21. The van der Waals surface area contributed by atoms with E-state index in [0.717, 1.165) is 24.1 Å². The molecule has 0 fully saturated rings. The van der Waals surface area contributed by atoms with E-state index < -0.39 is 11.7 Å². The van der Waals surface area contributed by atoms with Crippen LogP contribution in [0.15, 0.2) is 16.8 Å². The number of rotatable bonds is 4. The third-order valence-corrected chi connectivity index (χ3v) is 2.76. The van der Waals surface area contributed by atoms with Gasteiger partial charge in [-0.25, -0.2) is 4.79 Å². The Morgan fingerprint density at radius 1 is 1.58 bits per heavy atom. The molecule has 1 amide bonds. The minimum absolute atomic E-state index is 0.0415. The van der Waals surface area contributed by atoms with Crippen molar-refractivity contribution in [2.45, 2.75) is 59.2 Å². The largest absolute Gasteiger partial charge is 0.444 e. The van der Waals surface area contributed by atoms with Crippen LogP contribution in [0.4, 0.5) is 4.79 Å². The summed E-state index contributed by atoms with van der Waals surface area (Å²) in [5, 5.41) is 6.77. The molecule has 1 aliphatic heterocycles. The quantitative estimate of drug-likeness (QED) is 0.852. The van der Waals surface area contributed by atoms with Gasteiger partial charge in [0.05, 0.1) is 5.71 Å². The van der Waals surface area contributed by atoms with Gasteiger partial charge in [-0.1, -0.05) is 11.2 Å². The second-order valence-electron chi connectivity index (χ2n) is 5.66. The van der Waals surface area contributed by atoms with E-state index in [0.29, 0.717) is 6.54 Å². The van der Waals surface area contributed by atoms with Gasteiger partial charge in [-0.3, -0.25) is 0 Å². The average Bonchev–Trinajstić information content (AvgIpc) is 2.74. The van der Waals surface area contributed by atoms with Crippen LogP contribution in [0.25, 0.3) is 0 Å². The molecule has 0 saturated carbocycles. The fraction of sp³-hybridized carbons (Fsp3) is 0.714. The van der Waals surface area contributed by atoms with Gasteiger partial charge < -0.3 is 14.9 Å². The molecule has 108 valence electrons. The van der Waals surface area contributed by atoms with Crippen molar-refractivity contribution in [3.63, 3.8) is 0 Å². The molecule has 1 atom stereocenters. The van der Waals surface area contributed by atoms with Crippen molar-refractivity contribution in [1.29, 1.82) is 0 Å². The summed E-state index contributed by atoms with van der Waals surface area (Å²) in [5.41, 5.74) is 1.67. The summed E-state index contributed by atoms with van der Waals surface area (Å²) in [7, 11) is 0. The average molecular weight is 268 g/mol. The predicted octanol–water partition coefficient (Wildman–Crippen LogP) is 3.01. The zero-order chi connectivity index (χ0) is 14.5. The highest BCUT2D eigenvalue weighted by Crippen LogP contribution is 2.17. The van der Waals surface area contributed by atoms with E-state index in [4.69, 9.17) is 9.57 Å². The number of ether oxygens (including phenoxy) is 1. The van der Waals surface area contributed by atoms with E-state index in [1.807, 2.05) is 40.7 Å². The number of amides is 1. The third kappa shape index (κ3) is 5.77. The molecule has 0 bridgehead atoms. The monoisotopic (exact) mass is 268 g/mol. The lowest BCUT2D eigenvalue weighted by atomic mass is 10.0. The molecule has 0 radical (unpaired) electrons. The van der Waals surface area contributed by atoms with Gasteiger partial charge in [0.2, 0.25) is 0 Å². The van der Waals surface area contributed by atoms with Gasteiger partial charge >= 0.3 is 6.09 Å². The zero-order valence-electron chi connectivity index (χ0n) is 12.4. The van der Waals surface area contributed by atoms with Crippen LogP contribution in [0.2, 0.25) is 0 Å². The predicted molar refractivity (Wildman–Crippen MR) is 75.2 cm³/mol. The summed E-state index contributed by atoms with van der Waals surface area (Å²) in [6.45, 7) is 10.0. The molecule has 1 aliphatic rings. The SMILES string of the molecule is C/C=C(\C)C1=NOC(CCNC(=O)OC(C)(C)C)C1. The highest BCUT2D eigenvalue weighted by atomic mass is 16.6. The van der Waals surface area contributed by atoms with Crippen LogP contribution < -0.4 is 5.32 Å². The first-order valence-corrected chi connectivity index (χ1v) is 6.64. The van der Waals surface area contributed by atoms with E-state index in [1.165, 1.54) is 0 Å². The van der Waals surface area contributed by atoms with E-state index in [1.54, 1.807) is 0 Å². The second-order valence-corrected chi connectivity index (χ2v) is 5.66. The summed E-state index contributed by atoms with van der Waals surface area (Å²) in [4.78, 5) is 16.8. The zero-order valence-corrected chi connectivity index (χ0v) is 12.4. The fourth-order valence-corrected chi connectivity index (χ4v) is 1.63. The number of hydrogen-bond donors (Lipinski definition) is 1. The highest BCUT2D eigenvalue weighted by Gasteiger charge is 2.22. The van der Waals surface area contributed by atoms with Crippen LogP contribution in [0.5, 0.6) is 0 Å². The molecule has 19 heavy (non-hydrogen) atoms. The first kappa shape index (κ1) is 15.5. The summed E-state index contributed by atoms with van der Waals surface area (Å²) in [6, 6.07) is 0. The Morgan fingerprint density at radius 3 is 2.84 bits per heavy atom. The Labute approximate surface area is 115 Å². The molecule has 1 unspecified atom stereocenters. The van der Waals surface area contributed by atoms with Crippen molar-refractivity contribution in [2.75, 3.05) is 6.54 Å². The molecular formula is C14H24N2O3. The standard InChI is InChI=1S/C14H24N2O3/c1-6-10(2)12-9-11(19-16-12)7-8-15-13(17)18-14(3,4)5/h6,11H,7-9H2,1-5H3,(H,15,17)/b10-6+. The number of allylic oxidation sites excluding steroid dienone is 2. The molecule has 5 heteroatoms. The second kappa shape index (κ2) is 6.59. The van der Waals surface area contributed by atoms with Crippen molar-refractivity contribution in [1.82, 2.24) is 5.32 Å². The smallest absolute Gasteiger partial charge is 0.407 e. The van der Waals surface area contributed by atoms with Crippen LogP contribution in [0, 0.1) is 0 Å². The molecule has 0 aliphatic carbocycles. The van der Waals surface area contributed by atoms with Crippen molar-refractivity contribution in [3.05, 3.63) is 11.6 Å². The van der Waals surface area contributed by atoms with Crippen molar-refractivity contribution >= 4 is 11.8 Å². The molecule has 1 N–H and O–H groups in total. The summed E-state index contributed by atoms with van der Waals surface area (Å²) in [5.74, 6) is 0. The summed E-state index contributed by atoms with van der Waals surface area (Å²) < 4.78 is 5.15. The molecule has 0 aromatic heterocycles. The van der Waals surface area contributed by atoms with Crippen LogP contribution in [-0.2, 0) is 9.57 Å². The summed E-state index contributed by atoms with van der Waals surface area (Å²) in [6.07, 6.45) is 3.19.